The Balaban J connectivity index is 4.19. The lowest BCUT2D eigenvalue weighted by Gasteiger charge is -2.25. The van der Waals surface area contributed by atoms with Crippen LogP contribution in [0, 0.1) is 0 Å². The first-order chi connectivity index (χ1) is 9.82. The van der Waals surface area contributed by atoms with Crippen LogP contribution in [0.4, 0.5) is 4.79 Å². The Hall–Kier alpha value is -0.850. The Labute approximate surface area is 129 Å². The highest BCUT2D eigenvalue weighted by Crippen LogP contribution is 2.07. The van der Waals surface area contributed by atoms with Crippen LogP contribution in [0.2, 0.25) is 0 Å². The van der Waals surface area contributed by atoms with Gasteiger partial charge < -0.3 is 25.8 Å². The topological polar surface area (TPSA) is 85.6 Å². The molecule has 0 aromatic rings. The smallest absolute Gasteiger partial charge is 0.407 e. The van der Waals surface area contributed by atoms with Crippen molar-refractivity contribution < 1.29 is 14.3 Å². The van der Waals surface area contributed by atoms with Crippen molar-refractivity contribution in [1.82, 2.24) is 10.6 Å². The quantitative estimate of drug-likeness (QED) is 0.571. The lowest BCUT2D eigenvalue weighted by atomic mass is 10.1. The number of amides is 1. The van der Waals surface area contributed by atoms with Crippen LogP contribution in [0.3, 0.4) is 0 Å². The number of nitrogens with one attached hydrogen (secondary N) is 2. The number of alkyl carbamates (subject to hydrolysis) is 1. The zero-order chi connectivity index (χ0) is 16.3. The zero-order valence-electron chi connectivity index (χ0n) is 14.2. The maximum absolute atomic E-state index is 11.8. The average molecular weight is 303 g/mol. The normalized spacial score (nSPS) is 14.6. The summed E-state index contributed by atoms with van der Waals surface area (Å²) >= 11 is 0. The van der Waals surface area contributed by atoms with Crippen LogP contribution in [0.1, 0.15) is 47.0 Å². The third-order valence-electron chi connectivity index (χ3n) is 2.99. The van der Waals surface area contributed by atoms with Crippen LogP contribution in [0.15, 0.2) is 0 Å². The maximum atomic E-state index is 11.8. The van der Waals surface area contributed by atoms with Crippen molar-refractivity contribution in [2.24, 2.45) is 5.73 Å². The molecule has 0 bridgehead atoms. The van der Waals surface area contributed by atoms with E-state index in [1.165, 1.54) is 0 Å². The van der Waals surface area contributed by atoms with E-state index in [4.69, 9.17) is 15.2 Å². The van der Waals surface area contributed by atoms with Crippen LogP contribution < -0.4 is 16.4 Å². The summed E-state index contributed by atoms with van der Waals surface area (Å²) in [6, 6.07) is 0.296. The molecule has 0 radical (unpaired) electrons. The number of hydrogen-bond acceptors (Lipinski definition) is 5. The zero-order valence-corrected chi connectivity index (χ0v) is 14.2. The predicted octanol–water partition coefficient (Wildman–Crippen LogP) is 1.63. The molecule has 2 unspecified atom stereocenters. The Morgan fingerprint density at radius 2 is 1.95 bits per heavy atom. The first-order valence-electron chi connectivity index (χ1n) is 7.74. The molecule has 0 saturated carbocycles. The van der Waals surface area contributed by atoms with Gasteiger partial charge in [0.2, 0.25) is 0 Å². The highest BCUT2D eigenvalue weighted by Gasteiger charge is 2.19. The Kier molecular flexibility index (Phi) is 10.4. The molecule has 21 heavy (non-hydrogen) atoms. The van der Waals surface area contributed by atoms with Gasteiger partial charge in [-0.2, -0.15) is 0 Å². The van der Waals surface area contributed by atoms with Crippen molar-refractivity contribution in [3.8, 4) is 0 Å². The summed E-state index contributed by atoms with van der Waals surface area (Å²) in [5.41, 5.74) is 5.06. The van der Waals surface area contributed by atoms with Crippen LogP contribution in [0.5, 0.6) is 0 Å². The molecule has 0 aromatic carbocycles. The fourth-order valence-corrected chi connectivity index (χ4v) is 1.89. The van der Waals surface area contributed by atoms with Gasteiger partial charge in [-0.25, -0.2) is 4.79 Å². The van der Waals surface area contributed by atoms with Gasteiger partial charge in [0.25, 0.3) is 0 Å². The second-order valence-electron chi connectivity index (χ2n) is 6.24. The molecule has 4 N–H and O–H groups in total. The molecule has 1 amide bonds. The van der Waals surface area contributed by atoms with Gasteiger partial charge in [0, 0.05) is 25.7 Å². The van der Waals surface area contributed by atoms with Crippen LogP contribution in [0.25, 0.3) is 0 Å². The summed E-state index contributed by atoms with van der Waals surface area (Å²) in [5, 5.41) is 6.31. The number of ether oxygens (including phenoxy) is 2. The summed E-state index contributed by atoms with van der Waals surface area (Å²) in [5.74, 6) is 0. The van der Waals surface area contributed by atoms with Crippen molar-refractivity contribution in [2.75, 3.05) is 26.8 Å². The first-order valence-corrected chi connectivity index (χ1v) is 7.74. The third-order valence-corrected chi connectivity index (χ3v) is 2.99. The van der Waals surface area contributed by atoms with Gasteiger partial charge in [0.05, 0.1) is 6.61 Å². The number of carbonyl (C=O) groups excluding carboxylic acids is 1. The van der Waals surface area contributed by atoms with Gasteiger partial charge in [-0.05, 0) is 46.6 Å². The summed E-state index contributed by atoms with van der Waals surface area (Å²) < 4.78 is 10.5. The molecule has 0 aliphatic rings. The molecule has 0 spiro atoms. The van der Waals surface area contributed by atoms with Crippen molar-refractivity contribution in [1.29, 1.82) is 0 Å². The van der Waals surface area contributed by atoms with E-state index in [0.29, 0.717) is 19.7 Å². The van der Waals surface area contributed by atoms with Crippen LogP contribution >= 0.6 is 0 Å². The monoisotopic (exact) mass is 303 g/mol. The molecule has 0 aliphatic heterocycles. The number of nitrogens with two attached hydrogens (primary N) is 1. The third kappa shape index (κ3) is 11.5. The second kappa shape index (κ2) is 10.8. The lowest BCUT2D eigenvalue weighted by molar-refractivity contribution is 0.0500. The van der Waals surface area contributed by atoms with Gasteiger partial charge >= 0.3 is 6.09 Å². The minimum Gasteiger partial charge on any atom is -0.444 e. The number of hydrogen-bond donors (Lipinski definition) is 3. The van der Waals surface area contributed by atoms with Gasteiger partial charge in [-0.3, -0.25) is 0 Å². The van der Waals surface area contributed by atoms with Gasteiger partial charge in [0.15, 0.2) is 0 Å². The minimum atomic E-state index is -0.477. The Morgan fingerprint density at radius 1 is 1.29 bits per heavy atom. The van der Waals surface area contributed by atoms with Gasteiger partial charge in [-0.1, -0.05) is 6.92 Å². The van der Waals surface area contributed by atoms with E-state index >= 15 is 0 Å². The standard InChI is InChI=1S/C15H33N3O3/c1-6-12(18-14(19)21-15(2,3)4)10-17-13(11-20-5)8-7-9-16/h12-13,17H,6-11,16H2,1-5H3,(H,18,19). The summed E-state index contributed by atoms with van der Waals surface area (Å²) in [6.45, 7) is 9.61. The molecule has 6 nitrogen and oxygen atoms in total. The predicted molar refractivity (Wildman–Crippen MR) is 85.4 cm³/mol. The molecule has 0 aromatic heterocycles. The van der Waals surface area contributed by atoms with Gasteiger partial charge in [-0.15, -0.1) is 0 Å². The van der Waals surface area contributed by atoms with Crippen LogP contribution in [-0.4, -0.2) is 50.6 Å². The molecule has 0 rings (SSSR count). The molecule has 6 heteroatoms. The molecule has 0 fully saturated rings. The number of rotatable bonds is 10. The molecule has 2 atom stereocenters. The molecule has 0 heterocycles. The van der Waals surface area contributed by atoms with Gasteiger partial charge in [0.1, 0.15) is 5.60 Å². The highest BCUT2D eigenvalue weighted by molar-refractivity contribution is 5.68. The number of methoxy groups -OCH3 is 1. The van der Waals surface area contributed by atoms with Crippen molar-refractivity contribution >= 4 is 6.09 Å². The fraction of sp³-hybridized carbons (Fsp3) is 0.933. The van der Waals surface area contributed by atoms with E-state index in [9.17, 15) is 4.79 Å². The summed E-state index contributed by atoms with van der Waals surface area (Å²) in [7, 11) is 1.69. The van der Waals surface area contributed by atoms with E-state index in [-0.39, 0.29) is 18.2 Å². The van der Waals surface area contributed by atoms with E-state index in [1.807, 2.05) is 27.7 Å². The van der Waals surface area contributed by atoms with E-state index in [1.54, 1.807) is 7.11 Å². The van der Waals surface area contributed by atoms with Crippen LogP contribution in [-0.2, 0) is 9.47 Å². The summed E-state index contributed by atoms with van der Waals surface area (Å²) in [6.07, 6.45) is 2.38. The number of carbonyl (C=O) groups is 1. The maximum Gasteiger partial charge on any atom is 0.407 e. The molecular formula is C15H33N3O3. The largest absolute Gasteiger partial charge is 0.444 e. The van der Waals surface area contributed by atoms with E-state index < -0.39 is 5.60 Å². The lowest BCUT2D eigenvalue weighted by Crippen LogP contribution is -2.47. The molecule has 0 saturated heterocycles. The van der Waals surface area contributed by atoms with E-state index in [2.05, 4.69) is 10.6 Å². The molecular weight excluding hydrogens is 270 g/mol. The Morgan fingerprint density at radius 3 is 2.43 bits per heavy atom. The molecule has 0 aliphatic carbocycles. The van der Waals surface area contributed by atoms with Crippen molar-refractivity contribution in [3.63, 3.8) is 0 Å². The Bertz CT molecular complexity index is 280. The van der Waals surface area contributed by atoms with Crippen molar-refractivity contribution in [3.05, 3.63) is 0 Å². The SMILES string of the molecule is CCC(CNC(CCCN)COC)NC(=O)OC(C)(C)C. The first kappa shape index (κ1) is 20.1. The van der Waals surface area contributed by atoms with Crippen molar-refractivity contribution in [2.45, 2.75) is 64.6 Å². The summed E-state index contributed by atoms with van der Waals surface area (Å²) in [4.78, 5) is 11.8. The second-order valence-corrected chi connectivity index (χ2v) is 6.24. The fourth-order valence-electron chi connectivity index (χ4n) is 1.89. The average Bonchev–Trinajstić information content (AvgIpc) is 2.38. The van der Waals surface area contributed by atoms with E-state index in [0.717, 1.165) is 19.3 Å². The molecule has 126 valence electrons. The highest BCUT2D eigenvalue weighted by atomic mass is 16.6. The minimum absolute atomic E-state index is 0.0390.